The molecule has 5 heteroatoms. The number of anilines is 1. The maximum absolute atomic E-state index is 12.2. The van der Waals surface area contributed by atoms with Gasteiger partial charge in [-0.25, -0.2) is 4.79 Å². The van der Waals surface area contributed by atoms with Crippen molar-refractivity contribution in [3.8, 4) is 0 Å². The second-order valence-electron chi connectivity index (χ2n) is 5.33. The zero-order valence-corrected chi connectivity index (χ0v) is 13.1. The highest BCUT2D eigenvalue weighted by Gasteiger charge is 2.19. The standard InChI is InChI=1S/C19H16N2O3/c1-13(24-19(23)15-8-10-20-11-9-15)18(22)21-17-7-6-14-4-2-3-5-16(14)12-17/h2-13H,1H3,(H,21,22). The molecule has 3 rings (SSSR count). The van der Waals surface area contributed by atoms with Gasteiger partial charge >= 0.3 is 5.97 Å². The predicted octanol–water partition coefficient (Wildman–Crippen LogP) is 3.42. The topological polar surface area (TPSA) is 68.3 Å². The van der Waals surface area contributed by atoms with Crippen LogP contribution in [0.4, 0.5) is 5.69 Å². The van der Waals surface area contributed by atoms with E-state index in [9.17, 15) is 9.59 Å². The van der Waals surface area contributed by atoms with Gasteiger partial charge in [-0.2, -0.15) is 0 Å². The Hall–Kier alpha value is -3.21. The molecule has 24 heavy (non-hydrogen) atoms. The average Bonchev–Trinajstić information content (AvgIpc) is 2.62. The molecule has 1 unspecified atom stereocenters. The van der Waals surface area contributed by atoms with E-state index in [0.29, 0.717) is 11.3 Å². The van der Waals surface area contributed by atoms with Gasteiger partial charge in [0.2, 0.25) is 0 Å². The van der Waals surface area contributed by atoms with E-state index in [1.54, 1.807) is 0 Å². The summed E-state index contributed by atoms with van der Waals surface area (Å²) in [5, 5.41) is 4.88. The van der Waals surface area contributed by atoms with E-state index in [-0.39, 0.29) is 5.91 Å². The highest BCUT2D eigenvalue weighted by molar-refractivity contribution is 5.98. The van der Waals surface area contributed by atoms with Crippen LogP contribution in [0.3, 0.4) is 0 Å². The van der Waals surface area contributed by atoms with Crippen molar-refractivity contribution >= 4 is 28.3 Å². The van der Waals surface area contributed by atoms with E-state index in [0.717, 1.165) is 10.8 Å². The number of nitrogens with zero attached hydrogens (tertiary/aromatic N) is 1. The molecule has 1 N–H and O–H groups in total. The van der Waals surface area contributed by atoms with Crippen molar-refractivity contribution in [2.24, 2.45) is 0 Å². The number of esters is 1. The maximum Gasteiger partial charge on any atom is 0.339 e. The third-order valence-electron chi connectivity index (χ3n) is 3.59. The van der Waals surface area contributed by atoms with Gasteiger partial charge < -0.3 is 10.1 Å². The Labute approximate surface area is 139 Å². The summed E-state index contributed by atoms with van der Waals surface area (Å²) in [4.78, 5) is 28.0. The molecule has 120 valence electrons. The molecule has 0 aliphatic heterocycles. The minimum absolute atomic E-state index is 0.357. The van der Waals surface area contributed by atoms with Gasteiger partial charge in [-0.05, 0) is 42.0 Å². The van der Waals surface area contributed by atoms with Crippen molar-refractivity contribution in [3.05, 3.63) is 72.6 Å². The fourth-order valence-electron chi connectivity index (χ4n) is 2.28. The van der Waals surface area contributed by atoms with Crippen LogP contribution in [0.2, 0.25) is 0 Å². The van der Waals surface area contributed by atoms with Crippen LogP contribution in [0, 0.1) is 0 Å². The molecule has 5 nitrogen and oxygen atoms in total. The summed E-state index contributed by atoms with van der Waals surface area (Å²) >= 11 is 0. The Balaban J connectivity index is 1.66. The summed E-state index contributed by atoms with van der Waals surface area (Å²) in [6.07, 6.45) is 2.09. The van der Waals surface area contributed by atoms with Crippen LogP contribution in [0.1, 0.15) is 17.3 Å². The number of benzene rings is 2. The number of carbonyl (C=O) groups excluding carboxylic acids is 2. The first kappa shape index (κ1) is 15.7. The Morgan fingerprint density at radius 1 is 1.00 bits per heavy atom. The number of fused-ring (bicyclic) bond motifs is 1. The van der Waals surface area contributed by atoms with Crippen LogP contribution in [-0.4, -0.2) is 23.0 Å². The lowest BCUT2D eigenvalue weighted by Crippen LogP contribution is -2.30. The first-order valence-corrected chi connectivity index (χ1v) is 7.54. The van der Waals surface area contributed by atoms with Crippen LogP contribution >= 0.6 is 0 Å². The lowest BCUT2D eigenvalue weighted by atomic mass is 10.1. The summed E-state index contributed by atoms with van der Waals surface area (Å²) in [6, 6.07) is 16.6. The fraction of sp³-hybridized carbons (Fsp3) is 0.105. The Morgan fingerprint density at radius 3 is 2.46 bits per heavy atom. The van der Waals surface area contributed by atoms with Gasteiger partial charge in [0.25, 0.3) is 5.91 Å². The number of hydrogen-bond acceptors (Lipinski definition) is 4. The van der Waals surface area contributed by atoms with E-state index in [1.807, 2.05) is 42.5 Å². The van der Waals surface area contributed by atoms with Gasteiger partial charge in [0.1, 0.15) is 0 Å². The van der Waals surface area contributed by atoms with E-state index >= 15 is 0 Å². The molecule has 2 aromatic carbocycles. The molecule has 0 aliphatic rings. The number of ether oxygens (including phenoxy) is 1. The number of carbonyl (C=O) groups is 2. The van der Waals surface area contributed by atoms with Gasteiger partial charge in [-0.3, -0.25) is 9.78 Å². The Morgan fingerprint density at radius 2 is 1.71 bits per heavy atom. The smallest absolute Gasteiger partial charge is 0.339 e. The lowest BCUT2D eigenvalue weighted by molar-refractivity contribution is -0.123. The van der Waals surface area contributed by atoms with E-state index < -0.39 is 12.1 Å². The second kappa shape index (κ2) is 6.91. The van der Waals surface area contributed by atoms with Crippen LogP contribution in [0.15, 0.2) is 67.0 Å². The van der Waals surface area contributed by atoms with Crippen molar-refractivity contribution in [2.75, 3.05) is 5.32 Å². The molecule has 3 aromatic rings. The first-order chi connectivity index (χ1) is 11.6. The Bertz CT molecular complexity index is 878. The number of pyridine rings is 1. The van der Waals surface area contributed by atoms with Gasteiger partial charge in [-0.1, -0.05) is 30.3 Å². The number of amides is 1. The van der Waals surface area contributed by atoms with Crippen molar-refractivity contribution in [1.29, 1.82) is 0 Å². The summed E-state index contributed by atoms with van der Waals surface area (Å²) in [5.41, 5.74) is 1.01. The number of rotatable bonds is 4. The zero-order valence-electron chi connectivity index (χ0n) is 13.1. The molecule has 1 atom stereocenters. The molecular weight excluding hydrogens is 304 g/mol. The third kappa shape index (κ3) is 3.57. The minimum Gasteiger partial charge on any atom is -0.449 e. The fourth-order valence-corrected chi connectivity index (χ4v) is 2.28. The molecule has 1 aromatic heterocycles. The highest BCUT2D eigenvalue weighted by Crippen LogP contribution is 2.19. The average molecular weight is 320 g/mol. The summed E-state index contributed by atoms with van der Waals surface area (Å²) in [5.74, 6) is -0.939. The molecular formula is C19H16N2O3. The van der Waals surface area contributed by atoms with Gasteiger partial charge in [0.15, 0.2) is 6.10 Å². The summed E-state index contributed by atoms with van der Waals surface area (Å²) in [7, 11) is 0. The zero-order chi connectivity index (χ0) is 16.9. The number of hydrogen-bond donors (Lipinski definition) is 1. The van der Waals surface area contributed by atoms with Crippen LogP contribution < -0.4 is 5.32 Å². The third-order valence-corrected chi connectivity index (χ3v) is 3.59. The molecule has 0 radical (unpaired) electrons. The lowest BCUT2D eigenvalue weighted by Gasteiger charge is -2.14. The largest absolute Gasteiger partial charge is 0.449 e. The van der Waals surface area contributed by atoms with E-state index in [1.165, 1.54) is 31.5 Å². The number of nitrogens with one attached hydrogen (secondary N) is 1. The van der Waals surface area contributed by atoms with Crippen LogP contribution in [-0.2, 0) is 9.53 Å². The van der Waals surface area contributed by atoms with Crippen molar-refractivity contribution in [2.45, 2.75) is 13.0 Å². The van der Waals surface area contributed by atoms with Crippen molar-refractivity contribution < 1.29 is 14.3 Å². The quantitative estimate of drug-likeness (QED) is 0.748. The van der Waals surface area contributed by atoms with Gasteiger partial charge in [0.05, 0.1) is 5.56 Å². The van der Waals surface area contributed by atoms with Gasteiger partial charge in [-0.15, -0.1) is 0 Å². The summed E-state index contributed by atoms with van der Waals surface area (Å²) in [6.45, 7) is 1.54. The molecule has 0 spiro atoms. The highest BCUT2D eigenvalue weighted by atomic mass is 16.5. The second-order valence-corrected chi connectivity index (χ2v) is 5.33. The molecule has 0 fully saturated rings. The normalized spacial score (nSPS) is 11.7. The van der Waals surface area contributed by atoms with E-state index in [2.05, 4.69) is 10.3 Å². The van der Waals surface area contributed by atoms with Gasteiger partial charge in [0, 0.05) is 18.1 Å². The molecule has 0 saturated carbocycles. The minimum atomic E-state index is -0.905. The summed E-state index contributed by atoms with van der Waals surface area (Å²) < 4.78 is 5.18. The van der Waals surface area contributed by atoms with Crippen molar-refractivity contribution in [1.82, 2.24) is 4.98 Å². The van der Waals surface area contributed by atoms with Crippen LogP contribution in [0.25, 0.3) is 10.8 Å². The maximum atomic E-state index is 12.2. The Kier molecular flexibility index (Phi) is 4.52. The molecule has 0 bridgehead atoms. The SMILES string of the molecule is CC(OC(=O)c1ccncc1)C(=O)Nc1ccc2ccccc2c1. The molecule has 1 amide bonds. The van der Waals surface area contributed by atoms with Crippen molar-refractivity contribution in [3.63, 3.8) is 0 Å². The molecule has 0 aliphatic carbocycles. The number of aromatic nitrogens is 1. The van der Waals surface area contributed by atoms with Crippen LogP contribution in [0.5, 0.6) is 0 Å². The molecule has 1 heterocycles. The molecule has 0 saturated heterocycles. The van der Waals surface area contributed by atoms with E-state index in [4.69, 9.17) is 4.74 Å². The predicted molar refractivity (Wildman–Crippen MR) is 91.7 cm³/mol. The monoisotopic (exact) mass is 320 g/mol. The first-order valence-electron chi connectivity index (χ1n) is 7.54.